The van der Waals surface area contributed by atoms with Crippen LogP contribution in [0.3, 0.4) is 0 Å². The monoisotopic (exact) mass is 281 g/mol. The molecule has 2 saturated heterocycles. The minimum absolute atomic E-state index is 0.148. The van der Waals surface area contributed by atoms with Gasteiger partial charge in [-0.15, -0.1) is 0 Å². The summed E-state index contributed by atoms with van der Waals surface area (Å²) in [6.07, 6.45) is 2.42. The molecule has 1 atom stereocenters. The maximum atomic E-state index is 6.31. The van der Waals surface area contributed by atoms with Crippen LogP contribution in [0.5, 0.6) is 5.75 Å². The average Bonchev–Trinajstić information content (AvgIpc) is 2.89. The van der Waals surface area contributed by atoms with Gasteiger partial charge in [-0.05, 0) is 37.1 Å². The van der Waals surface area contributed by atoms with E-state index in [0.29, 0.717) is 17.7 Å². The van der Waals surface area contributed by atoms with E-state index in [4.69, 9.17) is 21.1 Å². The van der Waals surface area contributed by atoms with Crippen LogP contribution < -0.4 is 10.1 Å². The predicted octanol–water partition coefficient (Wildman–Crippen LogP) is 3.18. The molecular formula is C15H20ClNO2. The summed E-state index contributed by atoms with van der Waals surface area (Å²) < 4.78 is 11.1. The molecule has 1 aromatic rings. The van der Waals surface area contributed by atoms with Crippen LogP contribution in [0.4, 0.5) is 0 Å². The molecular weight excluding hydrogens is 262 g/mol. The van der Waals surface area contributed by atoms with E-state index in [1.807, 2.05) is 12.1 Å². The normalized spacial score (nSPS) is 25.1. The smallest absolute Gasteiger partial charge is 0.137 e. The zero-order valence-corrected chi connectivity index (χ0v) is 12.0. The van der Waals surface area contributed by atoms with Gasteiger partial charge in [0, 0.05) is 11.5 Å². The van der Waals surface area contributed by atoms with Crippen molar-refractivity contribution in [2.45, 2.75) is 25.8 Å². The molecule has 2 fully saturated rings. The lowest BCUT2D eigenvalue weighted by molar-refractivity contribution is -0.120. The van der Waals surface area contributed by atoms with Crippen molar-refractivity contribution in [1.29, 1.82) is 0 Å². The topological polar surface area (TPSA) is 30.5 Å². The van der Waals surface area contributed by atoms with Gasteiger partial charge in [0.1, 0.15) is 5.75 Å². The first-order valence-electron chi connectivity index (χ1n) is 6.90. The third kappa shape index (κ3) is 2.88. The first kappa shape index (κ1) is 13.2. The fourth-order valence-electron chi connectivity index (χ4n) is 2.61. The van der Waals surface area contributed by atoms with Gasteiger partial charge in [0.05, 0.1) is 24.8 Å². The Bertz CT molecular complexity index is 453. The van der Waals surface area contributed by atoms with Crippen molar-refractivity contribution >= 4 is 11.6 Å². The van der Waals surface area contributed by atoms with E-state index >= 15 is 0 Å². The Morgan fingerprint density at radius 3 is 2.89 bits per heavy atom. The summed E-state index contributed by atoms with van der Waals surface area (Å²) in [4.78, 5) is 0. The Hall–Kier alpha value is -0.770. The third-order valence-electron chi connectivity index (χ3n) is 3.90. The molecule has 104 valence electrons. The van der Waals surface area contributed by atoms with Crippen LogP contribution >= 0.6 is 11.6 Å². The second-order valence-electron chi connectivity index (χ2n) is 5.93. The molecule has 1 aromatic carbocycles. The number of hydrogen-bond acceptors (Lipinski definition) is 3. The van der Waals surface area contributed by atoms with Crippen LogP contribution in [-0.4, -0.2) is 26.4 Å². The number of halogens is 1. The largest absolute Gasteiger partial charge is 0.491 e. The zero-order valence-electron chi connectivity index (χ0n) is 11.2. The molecule has 2 heterocycles. The van der Waals surface area contributed by atoms with Crippen LogP contribution in [0.2, 0.25) is 5.02 Å². The lowest BCUT2D eigenvalue weighted by Gasteiger charge is -2.37. The van der Waals surface area contributed by atoms with Crippen molar-refractivity contribution in [2.24, 2.45) is 5.41 Å². The predicted molar refractivity (Wildman–Crippen MR) is 75.9 cm³/mol. The lowest BCUT2D eigenvalue weighted by Crippen LogP contribution is -2.44. The summed E-state index contributed by atoms with van der Waals surface area (Å²) >= 11 is 6.31. The first-order chi connectivity index (χ1) is 9.16. The summed E-state index contributed by atoms with van der Waals surface area (Å²) in [5, 5.41) is 4.18. The van der Waals surface area contributed by atoms with Gasteiger partial charge in [-0.2, -0.15) is 0 Å². The van der Waals surface area contributed by atoms with Crippen LogP contribution in [0.1, 0.15) is 31.4 Å². The lowest BCUT2D eigenvalue weighted by atomic mass is 9.90. The van der Waals surface area contributed by atoms with E-state index in [-0.39, 0.29) is 5.41 Å². The van der Waals surface area contributed by atoms with Gasteiger partial charge in [-0.1, -0.05) is 24.6 Å². The van der Waals surface area contributed by atoms with Crippen molar-refractivity contribution in [3.05, 3.63) is 28.8 Å². The number of ether oxygens (including phenoxy) is 2. The highest BCUT2D eigenvalue weighted by Crippen LogP contribution is 2.33. The Morgan fingerprint density at radius 2 is 2.32 bits per heavy atom. The highest BCUT2D eigenvalue weighted by Gasteiger charge is 2.34. The average molecular weight is 282 g/mol. The molecule has 3 rings (SSSR count). The number of benzene rings is 1. The highest BCUT2D eigenvalue weighted by molar-refractivity contribution is 6.32. The molecule has 0 bridgehead atoms. The first-order valence-corrected chi connectivity index (χ1v) is 7.27. The van der Waals surface area contributed by atoms with E-state index in [1.54, 1.807) is 0 Å². The molecule has 2 aliphatic rings. The number of hydrogen-bond donors (Lipinski definition) is 1. The van der Waals surface area contributed by atoms with Crippen molar-refractivity contribution in [3.63, 3.8) is 0 Å². The molecule has 4 heteroatoms. The van der Waals surface area contributed by atoms with Crippen molar-refractivity contribution in [2.75, 3.05) is 26.4 Å². The van der Waals surface area contributed by atoms with E-state index in [2.05, 4.69) is 18.3 Å². The summed E-state index contributed by atoms with van der Waals surface area (Å²) in [5.74, 6) is 0.775. The molecule has 19 heavy (non-hydrogen) atoms. The quantitative estimate of drug-likeness (QED) is 0.919. The van der Waals surface area contributed by atoms with Crippen LogP contribution in [0, 0.1) is 5.41 Å². The molecule has 2 aliphatic heterocycles. The van der Waals surface area contributed by atoms with Gasteiger partial charge in [0.25, 0.3) is 0 Å². The molecule has 0 aliphatic carbocycles. The van der Waals surface area contributed by atoms with Gasteiger partial charge in [0.15, 0.2) is 0 Å². The van der Waals surface area contributed by atoms with E-state index in [0.717, 1.165) is 25.5 Å². The second-order valence-corrected chi connectivity index (χ2v) is 6.34. The zero-order chi connectivity index (χ0) is 13.3. The van der Waals surface area contributed by atoms with Crippen LogP contribution in [-0.2, 0) is 4.74 Å². The fourth-order valence-corrected chi connectivity index (χ4v) is 2.85. The number of rotatable bonds is 4. The van der Waals surface area contributed by atoms with E-state index in [1.165, 1.54) is 18.4 Å². The van der Waals surface area contributed by atoms with Crippen LogP contribution in [0.15, 0.2) is 18.2 Å². The molecule has 0 saturated carbocycles. The Morgan fingerprint density at radius 1 is 1.47 bits per heavy atom. The number of nitrogens with one attached hydrogen (secondary N) is 1. The third-order valence-corrected chi connectivity index (χ3v) is 4.19. The fraction of sp³-hybridized carbons (Fsp3) is 0.600. The summed E-state index contributed by atoms with van der Waals surface area (Å²) in [7, 11) is 0. The molecule has 0 amide bonds. The van der Waals surface area contributed by atoms with Gasteiger partial charge in [-0.3, -0.25) is 0 Å². The molecule has 0 spiro atoms. The Balaban J connectivity index is 1.65. The molecule has 0 aromatic heterocycles. The van der Waals surface area contributed by atoms with Gasteiger partial charge in [0.2, 0.25) is 0 Å². The Labute approximate surface area is 119 Å². The summed E-state index contributed by atoms with van der Waals surface area (Å²) in [6, 6.07) is 6.58. The van der Waals surface area contributed by atoms with Crippen molar-refractivity contribution in [1.82, 2.24) is 5.32 Å². The summed E-state index contributed by atoms with van der Waals surface area (Å²) in [5.41, 5.74) is 1.41. The molecule has 1 unspecified atom stereocenters. The SMILES string of the molecule is CC1(COc2ccc(C3CCCN3)cc2Cl)COC1. The van der Waals surface area contributed by atoms with Gasteiger partial charge >= 0.3 is 0 Å². The van der Waals surface area contributed by atoms with Crippen molar-refractivity contribution < 1.29 is 9.47 Å². The Kier molecular flexibility index (Phi) is 3.70. The standard InChI is InChI=1S/C15H20ClNO2/c1-15(8-18-9-15)10-19-14-5-4-11(7-12(14)16)13-3-2-6-17-13/h4-5,7,13,17H,2-3,6,8-10H2,1H3. The highest BCUT2D eigenvalue weighted by atomic mass is 35.5. The molecule has 1 N–H and O–H groups in total. The van der Waals surface area contributed by atoms with Crippen molar-refractivity contribution in [3.8, 4) is 5.75 Å². The second kappa shape index (κ2) is 5.31. The van der Waals surface area contributed by atoms with Crippen LogP contribution in [0.25, 0.3) is 0 Å². The summed E-state index contributed by atoms with van der Waals surface area (Å²) in [6.45, 7) is 5.47. The van der Waals surface area contributed by atoms with Gasteiger partial charge in [-0.25, -0.2) is 0 Å². The minimum atomic E-state index is 0.148. The maximum Gasteiger partial charge on any atom is 0.137 e. The molecule has 0 radical (unpaired) electrons. The molecule has 3 nitrogen and oxygen atoms in total. The maximum absolute atomic E-state index is 6.31. The van der Waals surface area contributed by atoms with E-state index < -0.39 is 0 Å². The van der Waals surface area contributed by atoms with E-state index in [9.17, 15) is 0 Å². The van der Waals surface area contributed by atoms with Gasteiger partial charge < -0.3 is 14.8 Å². The minimum Gasteiger partial charge on any atom is -0.491 e.